The maximum Gasteiger partial charge on any atom is 0.272 e. The molecule has 2 aromatic heterocycles. The van der Waals surface area contributed by atoms with Gasteiger partial charge in [0.25, 0.3) is 5.91 Å². The molecule has 0 aliphatic rings. The lowest BCUT2D eigenvalue weighted by Gasteiger charge is -2.10. The molecule has 0 unspecified atom stereocenters. The van der Waals surface area contributed by atoms with E-state index in [2.05, 4.69) is 25.7 Å². The van der Waals surface area contributed by atoms with E-state index in [9.17, 15) is 4.79 Å². The molecule has 0 saturated heterocycles. The molecule has 108 valence electrons. The van der Waals surface area contributed by atoms with E-state index in [0.717, 1.165) is 11.5 Å². The number of rotatable bonds is 5. The van der Waals surface area contributed by atoms with Crippen LogP contribution in [0.15, 0.2) is 12.4 Å². The van der Waals surface area contributed by atoms with Gasteiger partial charge in [-0.15, -0.1) is 10.2 Å². The molecule has 1 amide bonds. The van der Waals surface area contributed by atoms with Gasteiger partial charge in [-0.1, -0.05) is 13.8 Å². The van der Waals surface area contributed by atoms with Crippen LogP contribution in [0.5, 0.6) is 0 Å². The van der Waals surface area contributed by atoms with E-state index in [1.165, 1.54) is 0 Å². The van der Waals surface area contributed by atoms with Crippen molar-refractivity contribution in [1.82, 2.24) is 30.3 Å². The fourth-order valence-electron chi connectivity index (χ4n) is 1.82. The first-order chi connectivity index (χ1) is 9.49. The van der Waals surface area contributed by atoms with Gasteiger partial charge in [-0.2, -0.15) is 5.10 Å². The number of hydrogen-bond acceptors (Lipinski definition) is 4. The third kappa shape index (κ3) is 3.04. The third-order valence-corrected chi connectivity index (χ3v) is 3.06. The average Bonchev–Trinajstić information content (AvgIpc) is 3.04. The second-order valence-corrected chi connectivity index (χ2v) is 5.29. The Hall–Kier alpha value is -2.18. The Kier molecular flexibility index (Phi) is 4.16. The summed E-state index contributed by atoms with van der Waals surface area (Å²) >= 11 is 0. The van der Waals surface area contributed by atoms with Crippen LogP contribution in [0.2, 0.25) is 0 Å². The van der Waals surface area contributed by atoms with Crippen molar-refractivity contribution in [2.24, 2.45) is 0 Å². The Labute approximate surface area is 117 Å². The molecule has 7 heteroatoms. The summed E-state index contributed by atoms with van der Waals surface area (Å²) in [7, 11) is 0. The van der Waals surface area contributed by atoms with Crippen LogP contribution in [0.4, 0.5) is 0 Å². The van der Waals surface area contributed by atoms with Crippen molar-refractivity contribution in [3.8, 4) is 0 Å². The van der Waals surface area contributed by atoms with Crippen molar-refractivity contribution in [2.75, 3.05) is 0 Å². The Bertz CT molecular complexity index is 583. The van der Waals surface area contributed by atoms with Crippen molar-refractivity contribution >= 4 is 5.91 Å². The van der Waals surface area contributed by atoms with Crippen molar-refractivity contribution < 1.29 is 4.79 Å². The largest absolute Gasteiger partial charge is 0.343 e. The van der Waals surface area contributed by atoms with Gasteiger partial charge in [0.2, 0.25) is 0 Å². The van der Waals surface area contributed by atoms with Crippen LogP contribution < -0.4 is 5.32 Å². The van der Waals surface area contributed by atoms with Crippen molar-refractivity contribution in [2.45, 2.75) is 46.2 Å². The fraction of sp³-hybridized carbons (Fsp3) is 0.538. The molecule has 0 saturated carbocycles. The van der Waals surface area contributed by atoms with Crippen LogP contribution >= 0.6 is 0 Å². The summed E-state index contributed by atoms with van der Waals surface area (Å²) in [6, 6.07) is 2.03. The standard InChI is InChI=1S/C13H20N6O/c1-8(2)10-5-11(17-16-10)13(20)14-6-12-18-15-7-19(12)9(3)4/h5,7-9H,6H2,1-4H3,(H,14,20)(H,16,17). The summed E-state index contributed by atoms with van der Waals surface area (Å²) in [6.07, 6.45) is 1.66. The molecule has 0 aliphatic carbocycles. The van der Waals surface area contributed by atoms with E-state index in [1.807, 2.05) is 32.3 Å². The van der Waals surface area contributed by atoms with Crippen LogP contribution in [-0.2, 0) is 6.54 Å². The number of hydrogen-bond donors (Lipinski definition) is 2. The van der Waals surface area contributed by atoms with Gasteiger partial charge in [-0.25, -0.2) is 0 Å². The molecule has 2 aromatic rings. The molecule has 0 atom stereocenters. The van der Waals surface area contributed by atoms with E-state index in [0.29, 0.717) is 18.2 Å². The zero-order valence-corrected chi connectivity index (χ0v) is 12.2. The number of amides is 1. The summed E-state index contributed by atoms with van der Waals surface area (Å²) in [5.41, 5.74) is 1.34. The summed E-state index contributed by atoms with van der Waals surface area (Å²) in [5, 5.41) is 17.6. The molecule has 0 bridgehead atoms. The van der Waals surface area contributed by atoms with Crippen LogP contribution in [0.25, 0.3) is 0 Å². The molecular formula is C13H20N6O. The van der Waals surface area contributed by atoms with Gasteiger partial charge < -0.3 is 9.88 Å². The van der Waals surface area contributed by atoms with E-state index in [4.69, 9.17) is 0 Å². The number of aromatic amines is 1. The lowest BCUT2D eigenvalue weighted by atomic mass is 10.1. The monoisotopic (exact) mass is 276 g/mol. The molecule has 2 rings (SSSR count). The smallest absolute Gasteiger partial charge is 0.272 e. The molecule has 7 nitrogen and oxygen atoms in total. The number of nitrogens with one attached hydrogen (secondary N) is 2. The molecule has 0 fully saturated rings. The van der Waals surface area contributed by atoms with E-state index in [-0.39, 0.29) is 11.9 Å². The Balaban J connectivity index is 1.99. The lowest BCUT2D eigenvalue weighted by Crippen LogP contribution is -2.25. The Morgan fingerprint density at radius 1 is 1.40 bits per heavy atom. The molecule has 0 spiro atoms. The maximum atomic E-state index is 12.0. The minimum absolute atomic E-state index is 0.216. The van der Waals surface area contributed by atoms with Crippen LogP contribution in [0, 0.1) is 0 Å². The van der Waals surface area contributed by atoms with Crippen molar-refractivity contribution in [3.05, 3.63) is 29.6 Å². The first-order valence-electron chi connectivity index (χ1n) is 6.71. The van der Waals surface area contributed by atoms with Crippen LogP contribution in [0.1, 0.15) is 61.7 Å². The molecule has 0 radical (unpaired) electrons. The predicted molar refractivity (Wildman–Crippen MR) is 74.3 cm³/mol. The van der Waals surface area contributed by atoms with Gasteiger partial charge >= 0.3 is 0 Å². The van der Waals surface area contributed by atoms with Gasteiger partial charge in [-0.3, -0.25) is 9.89 Å². The number of carbonyl (C=O) groups excluding carboxylic acids is 1. The molecule has 2 heterocycles. The molecule has 0 aromatic carbocycles. The molecule has 0 aliphatic heterocycles. The quantitative estimate of drug-likeness (QED) is 0.868. The minimum Gasteiger partial charge on any atom is -0.343 e. The Morgan fingerprint density at radius 2 is 2.15 bits per heavy atom. The van der Waals surface area contributed by atoms with E-state index in [1.54, 1.807) is 12.4 Å². The van der Waals surface area contributed by atoms with Crippen molar-refractivity contribution in [1.29, 1.82) is 0 Å². The number of carbonyl (C=O) groups is 1. The maximum absolute atomic E-state index is 12.0. The van der Waals surface area contributed by atoms with Crippen LogP contribution in [-0.4, -0.2) is 30.9 Å². The van der Waals surface area contributed by atoms with E-state index >= 15 is 0 Å². The predicted octanol–water partition coefficient (Wildman–Crippen LogP) is 1.64. The van der Waals surface area contributed by atoms with Gasteiger partial charge in [0.15, 0.2) is 5.82 Å². The SMILES string of the molecule is CC(C)c1cc(C(=O)NCc2nncn2C(C)C)n[nH]1. The third-order valence-electron chi connectivity index (χ3n) is 3.06. The second-order valence-electron chi connectivity index (χ2n) is 5.29. The number of nitrogens with zero attached hydrogens (tertiary/aromatic N) is 4. The first kappa shape index (κ1) is 14.2. The highest BCUT2D eigenvalue weighted by atomic mass is 16.1. The summed E-state index contributed by atoms with van der Waals surface area (Å²) in [6.45, 7) is 8.50. The summed E-state index contributed by atoms with van der Waals surface area (Å²) < 4.78 is 1.92. The first-order valence-corrected chi connectivity index (χ1v) is 6.71. The van der Waals surface area contributed by atoms with Crippen molar-refractivity contribution in [3.63, 3.8) is 0 Å². The lowest BCUT2D eigenvalue weighted by molar-refractivity contribution is 0.0944. The zero-order valence-electron chi connectivity index (χ0n) is 12.2. The van der Waals surface area contributed by atoms with E-state index < -0.39 is 0 Å². The van der Waals surface area contributed by atoms with Gasteiger partial charge in [0, 0.05) is 11.7 Å². The molecule has 2 N–H and O–H groups in total. The highest BCUT2D eigenvalue weighted by Crippen LogP contribution is 2.12. The number of aromatic nitrogens is 5. The summed E-state index contributed by atoms with van der Waals surface area (Å²) in [5.74, 6) is 0.826. The highest BCUT2D eigenvalue weighted by molar-refractivity contribution is 5.92. The zero-order chi connectivity index (χ0) is 14.7. The van der Waals surface area contributed by atoms with Crippen LogP contribution in [0.3, 0.4) is 0 Å². The fourth-order valence-corrected chi connectivity index (χ4v) is 1.82. The Morgan fingerprint density at radius 3 is 2.75 bits per heavy atom. The number of H-pyrrole nitrogens is 1. The highest BCUT2D eigenvalue weighted by Gasteiger charge is 2.13. The summed E-state index contributed by atoms with van der Waals surface area (Å²) in [4.78, 5) is 12.0. The van der Waals surface area contributed by atoms with Gasteiger partial charge in [0.05, 0.1) is 6.54 Å². The molecular weight excluding hydrogens is 256 g/mol. The topological polar surface area (TPSA) is 88.5 Å². The van der Waals surface area contributed by atoms with Gasteiger partial charge in [0.1, 0.15) is 12.0 Å². The van der Waals surface area contributed by atoms with Gasteiger partial charge in [-0.05, 0) is 25.8 Å². The molecule has 20 heavy (non-hydrogen) atoms. The normalized spacial score (nSPS) is 11.3. The second kappa shape index (κ2) is 5.85. The minimum atomic E-state index is -0.216. The average molecular weight is 276 g/mol.